The molecule has 0 fully saturated rings. The Labute approximate surface area is 106 Å². The van der Waals surface area contributed by atoms with Crippen LogP contribution in [0, 0.1) is 11.6 Å². The Morgan fingerprint density at radius 3 is 2.74 bits per heavy atom. The summed E-state index contributed by atoms with van der Waals surface area (Å²) in [7, 11) is 0. The van der Waals surface area contributed by atoms with Crippen molar-refractivity contribution in [3.05, 3.63) is 70.3 Å². The summed E-state index contributed by atoms with van der Waals surface area (Å²) in [5.41, 5.74) is 0.962. The van der Waals surface area contributed by atoms with E-state index in [1.165, 1.54) is 22.8 Å². The van der Waals surface area contributed by atoms with E-state index in [0.717, 1.165) is 12.1 Å². The molecule has 0 radical (unpaired) electrons. The molecule has 0 aliphatic carbocycles. The Morgan fingerprint density at radius 1 is 1.11 bits per heavy atom. The van der Waals surface area contributed by atoms with Crippen LogP contribution in [0.15, 0.2) is 47.5 Å². The predicted molar refractivity (Wildman–Crippen MR) is 64.9 cm³/mol. The molecule has 0 bridgehead atoms. The third kappa shape index (κ3) is 2.01. The smallest absolute Gasteiger partial charge is 0.274 e. The largest absolute Gasteiger partial charge is 0.328 e. The summed E-state index contributed by atoms with van der Waals surface area (Å²) in [6.07, 6.45) is 3.11. The highest BCUT2D eigenvalue weighted by atomic mass is 19.2. The number of fused-ring (bicyclic) bond motifs is 1. The highest BCUT2D eigenvalue weighted by Gasteiger charge is 2.06. The first-order valence-electron chi connectivity index (χ1n) is 5.62. The number of aromatic nitrogens is 3. The van der Waals surface area contributed by atoms with E-state index in [2.05, 4.69) is 5.10 Å². The summed E-state index contributed by atoms with van der Waals surface area (Å²) in [4.78, 5) is 11.5. The highest BCUT2D eigenvalue weighted by Crippen LogP contribution is 2.11. The standard InChI is InChI=1S/C13H9F2N3O/c14-10-2-1-9(7-11(10)15)8-17-6-4-13(19)18-12(17)3-5-16-18/h1-7H,8H2. The number of rotatable bonds is 2. The lowest BCUT2D eigenvalue weighted by Gasteiger charge is -2.08. The first-order chi connectivity index (χ1) is 9.15. The maximum absolute atomic E-state index is 13.1. The predicted octanol–water partition coefficient (Wildman–Crippen LogP) is 1.82. The minimum Gasteiger partial charge on any atom is -0.328 e. The van der Waals surface area contributed by atoms with Gasteiger partial charge in [-0.15, -0.1) is 0 Å². The molecule has 0 aliphatic rings. The van der Waals surface area contributed by atoms with E-state index < -0.39 is 11.6 Å². The van der Waals surface area contributed by atoms with E-state index in [4.69, 9.17) is 0 Å². The molecule has 4 nitrogen and oxygen atoms in total. The molecule has 0 atom stereocenters. The van der Waals surface area contributed by atoms with E-state index in [9.17, 15) is 13.6 Å². The van der Waals surface area contributed by atoms with Crippen LogP contribution in [0.25, 0.3) is 5.65 Å². The van der Waals surface area contributed by atoms with Crippen LogP contribution in [0.2, 0.25) is 0 Å². The van der Waals surface area contributed by atoms with Gasteiger partial charge in [0.1, 0.15) is 5.65 Å². The molecule has 0 saturated heterocycles. The molecule has 3 rings (SSSR count). The van der Waals surface area contributed by atoms with Crippen molar-refractivity contribution in [3.8, 4) is 0 Å². The van der Waals surface area contributed by atoms with Crippen molar-refractivity contribution in [2.75, 3.05) is 0 Å². The van der Waals surface area contributed by atoms with E-state index in [1.54, 1.807) is 16.8 Å². The third-order valence-corrected chi connectivity index (χ3v) is 2.86. The van der Waals surface area contributed by atoms with Crippen molar-refractivity contribution in [2.45, 2.75) is 6.54 Å². The van der Waals surface area contributed by atoms with Gasteiger partial charge in [-0.3, -0.25) is 4.79 Å². The van der Waals surface area contributed by atoms with Gasteiger partial charge in [-0.25, -0.2) is 8.78 Å². The van der Waals surface area contributed by atoms with Crippen LogP contribution in [0.4, 0.5) is 8.78 Å². The zero-order valence-electron chi connectivity index (χ0n) is 9.75. The quantitative estimate of drug-likeness (QED) is 0.706. The van der Waals surface area contributed by atoms with Gasteiger partial charge in [0, 0.05) is 24.9 Å². The van der Waals surface area contributed by atoms with Crippen LogP contribution in [0.5, 0.6) is 0 Å². The maximum Gasteiger partial charge on any atom is 0.274 e. The summed E-state index contributed by atoms with van der Waals surface area (Å²) < 4.78 is 29.0. The summed E-state index contributed by atoms with van der Waals surface area (Å²) in [5, 5.41) is 3.90. The molecule has 1 aromatic carbocycles. The molecule has 6 heteroatoms. The molecular formula is C13H9F2N3O. The lowest BCUT2D eigenvalue weighted by atomic mass is 10.2. The lowest BCUT2D eigenvalue weighted by Crippen LogP contribution is -2.17. The summed E-state index contributed by atoms with van der Waals surface area (Å²) in [6, 6.07) is 6.78. The Hall–Kier alpha value is -2.50. The Bertz CT molecular complexity index is 807. The average Bonchev–Trinajstić information content (AvgIpc) is 2.87. The van der Waals surface area contributed by atoms with Crippen LogP contribution >= 0.6 is 0 Å². The zero-order chi connectivity index (χ0) is 13.4. The van der Waals surface area contributed by atoms with Gasteiger partial charge in [0.25, 0.3) is 5.56 Å². The monoisotopic (exact) mass is 261 g/mol. The minimum atomic E-state index is -0.886. The number of hydrogen-bond donors (Lipinski definition) is 0. The molecular weight excluding hydrogens is 252 g/mol. The van der Waals surface area contributed by atoms with E-state index in [0.29, 0.717) is 17.8 Å². The van der Waals surface area contributed by atoms with Crippen LogP contribution in [-0.2, 0) is 6.54 Å². The van der Waals surface area contributed by atoms with Gasteiger partial charge in [0.15, 0.2) is 11.6 Å². The van der Waals surface area contributed by atoms with Crippen molar-refractivity contribution >= 4 is 5.65 Å². The van der Waals surface area contributed by atoms with E-state index in [1.807, 2.05) is 0 Å². The molecule has 19 heavy (non-hydrogen) atoms. The van der Waals surface area contributed by atoms with E-state index in [-0.39, 0.29) is 5.56 Å². The van der Waals surface area contributed by atoms with Crippen LogP contribution in [0.3, 0.4) is 0 Å². The number of benzene rings is 1. The normalized spacial score (nSPS) is 11.1. The Kier molecular flexibility index (Phi) is 2.63. The molecule has 2 aromatic heterocycles. The fourth-order valence-corrected chi connectivity index (χ4v) is 1.95. The van der Waals surface area contributed by atoms with Gasteiger partial charge in [-0.1, -0.05) is 6.07 Å². The topological polar surface area (TPSA) is 39.3 Å². The highest BCUT2D eigenvalue weighted by molar-refractivity contribution is 5.38. The van der Waals surface area contributed by atoms with Crippen LogP contribution in [-0.4, -0.2) is 14.2 Å². The van der Waals surface area contributed by atoms with Gasteiger partial charge in [-0.2, -0.15) is 9.61 Å². The van der Waals surface area contributed by atoms with Gasteiger partial charge in [0.2, 0.25) is 0 Å². The summed E-state index contributed by atoms with van der Waals surface area (Å²) in [5.74, 6) is -1.76. The third-order valence-electron chi connectivity index (χ3n) is 2.86. The molecule has 0 aliphatic heterocycles. The fourth-order valence-electron chi connectivity index (χ4n) is 1.95. The average molecular weight is 261 g/mol. The second-order valence-corrected chi connectivity index (χ2v) is 4.13. The first kappa shape index (κ1) is 11.6. The molecule has 2 heterocycles. The Morgan fingerprint density at radius 2 is 1.95 bits per heavy atom. The first-order valence-corrected chi connectivity index (χ1v) is 5.62. The number of hydrogen-bond acceptors (Lipinski definition) is 2. The Balaban J connectivity index is 2.06. The molecule has 0 spiro atoms. The van der Waals surface area contributed by atoms with Gasteiger partial charge < -0.3 is 4.57 Å². The molecule has 96 valence electrons. The van der Waals surface area contributed by atoms with Crippen LogP contribution < -0.4 is 5.56 Å². The maximum atomic E-state index is 13.1. The molecule has 0 unspecified atom stereocenters. The lowest BCUT2D eigenvalue weighted by molar-refractivity contribution is 0.506. The van der Waals surface area contributed by atoms with Crippen LogP contribution in [0.1, 0.15) is 5.56 Å². The summed E-state index contributed by atoms with van der Waals surface area (Å²) in [6.45, 7) is 0.326. The van der Waals surface area contributed by atoms with Crippen molar-refractivity contribution < 1.29 is 8.78 Å². The van der Waals surface area contributed by atoms with E-state index >= 15 is 0 Å². The van der Waals surface area contributed by atoms with Crippen molar-refractivity contribution in [3.63, 3.8) is 0 Å². The van der Waals surface area contributed by atoms with Crippen molar-refractivity contribution in [2.24, 2.45) is 0 Å². The van der Waals surface area contributed by atoms with Crippen molar-refractivity contribution in [1.29, 1.82) is 0 Å². The minimum absolute atomic E-state index is 0.235. The number of nitrogens with zero attached hydrogens (tertiary/aromatic N) is 3. The second kappa shape index (κ2) is 4.31. The molecule has 0 saturated carbocycles. The van der Waals surface area contributed by atoms with Gasteiger partial charge in [-0.05, 0) is 17.7 Å². The number of halogens is 2. The second-order valence-electron chi connectivity index (χ2n) is 4.13. The zero-order valence-corrected chi connectivity index (χ0v) is 9.75. The molecule has 0 amide bonds. The van der Waals surface area contributed by atoms with Gasteiger partial charge in [0.05, 0.1) is 6.20 Å². The SMILES string of the molecule is O=c1ccn(Cc2ccc(F)c(F)c2)c2ccnn12. The summed E-state index contributed by atoms with van der Waals surface area (Å²) >= 11 is 0. The molecule has 3 aromatic rings. The van der Waals surface area contributed by atoms with Gasteiger partial charge >= 0.3 is 0 Å². The molecule has 0 N–H and O–H groups in total. The van der Waals surface area contributed by atoms with Crippen molar-refractivity contribution in [1.82, 2.24) is 14.2 Å². The fraction of sp³-hybridized carbons (Fsp3) is 0.0769.